The fraction of sp³-hybridized carbons (Fsp3) is 0.467. The molecule has 0 fully saturated rings. The molecular formula is C30H45N. The van der Waals surface area contributed by atoms with E-state index in [-0.39, 0.29) is 10.8 Å². The van der Waals surface area contributed by atoms with Crippen LogP contribution in [-0.2, 0) is 10.8 Å². The fourth-order valence-electron chi connectivity index (χ4n) is 3.43. The number of benzene rings is 2. The van der Waals surface area contributed by atoms with E-state index < -0.39 is 0 Å². The number of hydrogen-bond acceptors (Lipinski definition) is 1. The van der Waals surface area contributed by atoms with Crippen LogP contribution in [0.5, 0.6) is 0 Å². The molecule has 0 saturated carbocycles. The maximum absolute atomic E-state index is 2.37. The molecule has 0 atom stereocenters. The largest absolute Gasteiger partial charge is 0.311 e. The van der Waals surface area contributed by atoms with Crippen molar-refractivity contribution in [3.63, 3.8) is 0 Å². The standard InChI is InChI=1S/C26H33N.2C2H6/c1-25(2,3)20-12-16-23(17-13-20)27(22-10-8-7-9-11-22)24-18-14-21(15-19-24)26(4,5)6;2*1-2/h8,10-19H,7,9H2,1-6H3;2*1-2H3. The van der Waals surface area contributed by atoms with Crippen LogP contribution in [0.15, 0.2) is 72.5 Å². The maximum atomic E-state index is 2.37. The number of anilines is 2. The second-order valence-corrected chi connectivity index (χ2v) is 9.54. The Bertz CT molecular complexity index is 764. The average molecular weight is 420 g/mol. The van der Waals surface area contributed by atoms with E-state index in [1.807, 2.05) is 27.7 Å². The Morgan fingerprint density at radius 1 is 0.581 bits per heavy atom. The van der Waals surface area contributed by atoms with E-state index in [1.165, 1.54) is 28.2 Å². The van der Waals surface area contributed by atoms with Gasteiger partial charge >= 0.3 is 0 Å². The lowest BCUT2D eigenvalue weighted by Crippen LogP contribution is -2.18. The summed E-state index contributed by atoms with van der Waals surface area (Å²) in [5, 5.41) is 0. The molecule has 2 aromatic rings. The molecule has 1 nitrogen and oxygen atoms in total. The minimum absolute atomic E-state index is 0.168. The van der Waals surface area contributed by atoms with Gasteiger partial charge in [0, 0.05) is 17.1 Å². The lowest BCUT2D eigenvalue weighted by molar-refractivity contribution is 0.590. The van der Waals surface area contributed by atoms with Crippen LogP contribution in [0.3, 0.4) is 0 Å². The lowest BCUT2D eigenvalue weighted by Gasteiger charge is -2.29. The first-order chi connectivity index (χ1) is 14.7. The smallest absolute Gasteiger partial charge is 0.0461 e. The molecule has 0 amide bonds. The second kappa shape index (κ2) is 11.9. The van der Waals surface area contributed by atoms with Gasteiger partial charge in [0.15, 0.2) is 0 Å². The molecule has 0 unspecified atom stereocenters. The van der Waals surface area contributed by atoms with Gasteiger partial charge in [0.2, 0.25) is 0 Å². The summed E-state index contributed by atoms with van der Waals surface area (Å²) in [6.07, 6.45) is 9.09. The van der Waals surface area contributed by atoms with Crippen molar-refractivity contribution in [2.24, 2.45) is 0 Å². The molecule has 2 aromatic carbocycles. The molecule has 3 rings (SSSR count). The number of hydrogen-bond donors (Lipinski definition) is 0. The molecule has 0 aromatic heterocycles. The normalized spacial score (nSPS) is 13.3. The molecule has 1 heteroatoms. The molecule has 1 aliphatic carbocycles. The van der Waals surface area contributed by atoms with Crippen LogP contribution in [0.25, 0.3) is 0 Å². The predicted octanol–water partition coefficient (Wildman–Crippen LogP) is 9.71. The third-order valence-electron chi connectivity index (χ3n) is 5.22. The van der Waals surface area contributed by atoms with Crippen molar-refractivity contribution in [2.45, 2.75) is 92.9 Å². The summed E-state index contributed by atoms with van der Waals surface area (Å²) >= 11 is 0. The first-order valence-corrected chi connectivity index (χ1v) is 12.0. The fourth-order valence-corrected chi connectivity index (χ4v) is 3.43. The molecule has 0 aliphatic heterocycles. The van der Waals surface area contributed by atoms with Gasteiger partial charge in [0.25, 0.3) is 0 Å². The van der Waals surface area contributed by atoms with Gasteiger partial charge < -0.3 is 4.90 Å². The van der Waals surface area contributed by atoms with E-state index in [0.29, 0.717) is 0 Å². The topological polar surface area (TPSA) is 3.24 Å². The molecule has 31 heavy (non-hydrogen) atoms. The van der Waals surface area contributed by atoms with E-state index >= 15 is 0 Å². The Hall–Kier alpha value is -2.28. The van der Waals surface area contributed by atoms with Crippen molar-refractivity contribution < 1.29 is 0 Å². The monoisotopic (exact) mass is 419 g/mol. The van der Waals surface area contributed by atoms with Crippen molar-refractivity contribution >= 4 is 11.4 Å². The zero-order valence-electron chi connectivity index (χ0n) is 21.7. The van der Waals surface area contributed by atoms with E-state index in [2.05, 4.69) is 113 Å². The SMILES string of the molecule is CC.CC.CC(C)(C)c1ccc(N(C2=CCCC=C2)c2ccc(C(C)(C)C)cc2)cc1. The maximum Gasteiger partial charge on any atom is 0.0461 e. The summed E-state index contributed by atoms with van der Waals surface area (Å²) in [6.45, 7) is 21.6. The minimum Gasteiger partial charge on any atom is -0.311 e. The lowest BCUT2D eigenvalue weighted by atomic mass is 9.86. The average Bonchev–Trinajstić information content (AvgIpc) is 2.77. The van der Waals surface area contributed by atoms with E-state index in [4.69, 9.17) is 0 Å². The summed E-state index contributed by atoms with van der Waals surface area (Å²) in [4.78, 5) is 2.37. The van der Waals surface area contributed by atoms with Crippen LogP contribution in [0, 0.1) is 0 Å². The summed E-state index contributed by atoms with van der Waals surface area (Å²) in [5.41, 5.74) is 6.75. The Morgan fingerprint density at radius 2 is 0.968 bits per heavy atom. The van der Waals surface area contributed by atoms with Crippen LogP contribution in [0.2, 0.25) is 0 Å². The minimum atomic E-state index is 0.168. The molecule has 0 spiro atoms. The van der Waals surface area contributed by atoms with Crippen molar-refractivity contribution in [2.75, 3.05) is 4.90 Å². The summed E-state index contributed by atoms with van der Waals surface area (Å²) in [5.74, 6) is 0. The van der Waals surface area contributed by atoms with Crippen molar-refractivity contribution in [3.05, 3.63) is 83.6 Å². The second-order valence-electron chi connectivity index (χ2n) is 9.54. The first kappa shape index (κ1) is 26.8. The van der Waals surface area contributed by atoms with E-state index in [0.717, 1.165) is 12.8 Å². The highest BCUT2D eigenvalue weighted by atomic mass is 15.1. The zero-order chi connectivity index (χ0) is 23.7. The van der Waals surface area contributed by atoms with Crippen molar-refractivity contribution in [3.8, 4) is 0 Å². The van der Waals surface area contributed by atoms with Crippen LogP contribution in [0.1, 0.15) is 93.2 Å². The highest BCUT2D eigenvalue weighted by Crippen LogP contribution is 2.35. The van der Waals surface area contributed by atoms with Crippen LogP contribution >= 0.6 is 0 Å². The van der Waals surface area contributed by atoms with E-state index in [9.17, 15) is 0 Å². The van der Waals surface area contributed by atoms with Gasteiger partial charge in [-0.1, -0.05) is 106 Å². The molecular weight excluding hydrogens is 374 g/mol. The van der Waals surface area contributed by atoms with Crippen LogP contribution in [0.4, 0.5) is 11.4 Å². The molecule has 170 valence electrons. The Morgan fingerprint density at radius 3 is 1.26 bits per heavy atom. The molecule has 0 bridgehead atoms. The van der Waals surface area contributed by atoms with Crippen LogP contribution in [-0.4, -0.2) is 0 Å². The van der Waals surface area contributed by atoms with E-state index in [1.54, 1.807) is 0 Å². The number of nitrogens with zero attached hydrogens (tertiary/aromatic N) is 1. The number of allylic oxidation sites excluding steroid dienone is 3. The summed E-state index contributed by atoms with van der Waals surface area (Å²) < 4.78 is 0. The van der Waals surface area contributed by atoms with Gasteiger partial charge in [-0.2, -0.15) is 0 Å². The molecule has 0 N–H and O–H groups in total. The van der Waals surface area contributed by atoms with Gasteiger partial charge in [0.05, 0.1) is 0 Å². The van der Waals surface area contributed by atoms with Crippen LogP contribution < -0.4 is 4.90 Å². The highest BCUT2D eigenvalue weighted by Gasteiger charge is 2.19. The Balaban J connectivity index is 0.00000113. The number of rotatable bonds is 3. The van der Waals surface area contributed by atoms with Crippen molar-refractivity contribution in [1.82, 2.24) is 0 Å². The van der Waals surface area contributed by atoms with Gasteiger partial charge in [-0.3, -0.25) is 0 Å². The summed E-state index contributed by atoms with van der Waals surface area (Å²) in [6, 6.07) is 18.1. The molecule has 0 saturated heterocycles. The molecule has 0 heterocycles. The van der Waals surface area contributed by atoms with Gasteiger partial charge in [-0.25, -0.2) is 0 Å². The first-order valence-electron chi connectivity index (χ1n) is 12.0. The van der Waals surface area contributed by atoms with Crippen molar-refractivity contribution in [1.29, 1.82) is 0 Å². The van der Waals surface area contributed by atoms with Gasteiger partial charge in [-0.05, 0) is 65.1 Å². The zero-order valence-corrected chi connectivity index (χ0v) is 21.7. The third kappa shape index (κ3) is 7.42. The summed E-state index contributed by atoms with van der Waals surface area (Å²) in [7, 11) is 0. The predicted molar refractivity (Wildman–Crippen MR) is 142 cm³/mol. The molecule has 1 aliphatic rings. The van der Waals surface area contributed by atoms with Gasteiger partial charge in [0.1, 0.15) is 0 Å². The third-order valence-corrected chi connectivity index (χ3v) is 5.22. The Labute approximate surface area is 192 Å². The van der Waals surface area contributed by atoms with Gasteiger partial charge in [-0.15, -0.1) is 0 Å². The Kier molecular flexibility index (Phi) is 10.3. The molecule has 0 radical (unpaired) electrons. The quantitative estimate of drug-likeness (QED) is 0.478. The highest BCUT2D eigenvalue weighted by molar-refractivity contribution is 5.71.